The van der Waals surface area contributed by atoms with Crippen molar-refractivity contribution in [1.29, 1.82) is 0 Å². The third kappa shape index (κ3) is 8.19. The molecule has 0 radical (unpaired) electrons. The van der Waals surface area contributed by atoms with Crippen molar-refractivity contribution in [2.45, 2.75) is 102 Å². The number of fused-ring (bicyclic) bond motifs is 1. The van der Waals surface area contributed by atoms with Gasteiger partial charge in [-0.3, -0.25) is 23.9 Å². The molecule has 2 N–H and O–H groups in total. The van der Waals surface area contributed by atoms with Gasteiger partial charge >= 0.3 is 0 Å². The normalized spacial score (nSPS) is 24.3. The Balaban J connectivity index is 1.21. The Morgan fingerprint density at radius 3 is 2.39 bits per heavy atom. The first-order valence-electron chi connectivity index (χ1n) is 19.8. The number of rotatable bonds is 12. The first-order chi connectivity index (χ1) is 26.6. The Kier molecular flexibility index (Phi) is 10.8. The van der Waals surface area contributed by atoms with Crippen molar-refractivity contribution in [3.63, 3.8) is 0 Å². The van der Waals surface area contributed by atoms with Crippen LogP contribution in [0.1, 0.15) is 77.7 Å². The van der Waals surface area contributed by atoms with Gasteiger partial charge in [0.1, 0.15) is 23.4 Å². The van der Waals surface area contributed by atoms with E-state index in [9.17, 15) is 27.6 Å². The third-order valence-corrected chi connectivity index (χ3v) is 13.6. The predicted octanol–water partition coefficient (Wildman–Crippen LogP) is 5.29. The number of benzene rings is 2. The number of nitrogens with one attached hydrogen (secondary N) is 2. The van der Waals surface area contributed by atoms with E-state index in [4.69, 9.17) is 9.72 Å². The number of pyridine rings is 1. The van der Waals surface area contributed by atoms with E-state index in [0.29, 0.717) is 37.4 Å². The number of ether oxygens (including phenoxy) is 1. The molecule has 4 aliphatic rings. The minimum atomic E-state index is -3.89. The maximum Gasteiger partial charge on any atom is 0.259 e. The van der Waals surface area contributed by atoms with Crippen molar-refractivity contribution in [3.05, 3.63) is 72.8 Å². The van der Waals surface area contributed by atoms with E-state index in [0.717, 1.165) is 41.3 Å². The molecule has 2 aromatic carbocycles. The van der Waals surface area contributed by atoms with Gasteiger partial charge in [0.05, 0.1) is 28.9 Å². The van der Waals surface area contributed by atoms with Crippen molar-refractivity contribution < 1.29 is 32.3 Å². The highest BCUT2D eigenvalue weighted by Crippen LogP contribution is 2.46. The van der Waals surface area contributed by atoms with Crippen molar-refractivity contribution in [2.24, 2.45) is 17.3 Å². The number of nitrogens with zero attached hydrogens (tertiary/aromatic N) is 3. The molecule has 7 rings (SSSR count). The highest BCUT2D eigenvalue weighted by Gasteiger charge is 2.62. The monoisotopic (exact) mass is 783 g/mol. The van der Waals surface area contributed by atoms with Crippen molar-refractivity contribution in [1.82, 2.24) is 24.8 Å². The minimum Gasteiger partial charge on any atom is -0.488 e. The molecule has 2 saturated carbocycles. The van der Waals surface area contributed by atoms with E-state index in [1.165, 1.54) is 11.0 Å². The maximum absolute atomic E-state index is 14.9. The molecule has 2 saturated heterocycles. The van der Waals surface area contributed by atoms with Gasteiger partial charge in [-0.1, -0.05) is 68.8 Å². The summed E-state index contributed by atoms with van der Waals surface area (Å²) in [6.07, 6.45) is 5.02. The number of sulfonamides is 1. The van der Waals surface area contributed by atoms with Gasteiger partial charge in [-0.15, -0.1) is 6.58 Å². The summed E-state index contributed by atoms with van der Waals surface area (Å²) in [6.45, 7) is 12.9. The number of piperidine rings is 1. The van der Waals surface area contributed by atoms with Crippen LogP contribution >= 0.6 is 0 Å². The lowest BCUT2D eigenvalue weighted by molar-refractivity contribution is -0.148. The lowest BCUT2D eigenvalue weighted by Gasteiger charge is -2.36. The van der Waals surface area contributed by atoms with Crippen LogP contribution in [-0.4, -0.2) is 89.4 Å². The van der Waals surface area contributed by atoms with E-state index < -0.39 is 62.0 Å². The summed E-state index contributed by atoms with van der Waals surface area (Å²) in [6, 6.07) is 16.5. The first-order valence-corrected chi connectivity index (χ1v) is 21.4. The van der Waals surface area contributed by atoms with E-state index in [2.05, 4.69) is 16.6 Å². The summed E-state index contributed by atoms with van der Waals surface area (Å²) < 4.78 is 34.6. The number of aromatic nitrogens is 1. The topological polar surface area (TPSA) is 155 Å². The molecule has 3 aromatic rings. The van der Waals surface area contributed by atoms with E-state index >= 15 is 0 Å². The average molecular weight is 784 g/mol. The average Bonchev–Trinajstić information content (AvgIpc) is 4.10. The van der Waals surface area contributed by atoms with Crippen LogP contribution in [0.4, 0.5) is 0 Å². The minimum absolute atomic E-state index is 0.00267. The van der Waals surface area contributed by atoms with Crippen LogP contribution in [0.2, 0.25) is 0 Å². The number of aryl methyl sites for hydroxylation is 1. The molecule has 0 spiro atoms. The van der Waals surface area contributed by atoms with Gasteiger partial charge in [0.2, 0.25) is 27.7 Å². The SMILES string of the molecule is C=C[C@@H]1C[C@]1(NC(=O)[C@@H]1C[C@@H](Oc2cc(-c3ccccc3)nc3ccc(C)cc23)CN1C(=O)[C@@H](CC(=O)N1CCCCC1)C(C)(C)C)C(=O)NS(=O)(=O)C1CC1. The third-order valence-electron chi connectivity index (χ3n) is 11.8. The summed E-state index contributed by atoms with van der Waals surface area (Å²) >= 11 is 0. The molecule has 0 bridgehead atoms. The van der Waals surface area contributed by atoms with E-state index in [1.807, 2.05) is 87.2 Å². The van der Waals surface area contributed by atoms with Gasteiger partial charge in [-0.2, -0.15) is 0 Å². The summed E-state index contributed by atoms with van der Waals surface area (Å²) in [5.41, 5.74) is 1.20. The molecule has 298 valence electrons. The fourth-order valence-electron chi connectivity index (χ4n) is 8.15. The van der Waals surface area contributed by atoms with Crippen molar-refractivity contribution >= 4 is 44.6 Å². The number of amides is 4. The largest absolute Gasteiger partial charge is 0.488 e. The smallest absolute Gasteiger partial charge is 0.259 e. The molecule has 4 fully saturated rings. The van der Waals surface area contributed by atoms with Crippen LogP contribution in [0.3, 0.4) is 0 Å². The summed E-state index contributed by atoms with van der Waals surface area (Å²) in [7, 11) is -3.89. The van der Waals surface area contributed by atoms with Gasteiger partial charge < -0.3 is 19.9 Å². The van der Waals surface area contributed by atoms with Crippen LogP contribution in [-0.2, 0) is 29.2 Å². The second-order valence-corrected chi connectivity index (χ2v) is 19.1. The Labute approximate surface area is 329 Å². The Morgan fingerprint density at radius 1 is 1.04 bits per heavy atom. The molecule has 5 atom stereocenters. The molecule has 56 heavy (non-hydrogen) atoms. The highest BCUT2D eigenvalue weighted by molar-refractivity contribution is 7.91. The van der Waals surface area contributed by atoms with Crippen LogP contribution in [0, 0.1) is 24.2 Å². The number of carbonyl (C=O) groups is 4. The zero-order chi connectivity index (χ0) is 40.0. The van der Waals surface area contributed by atoms with Crippen molar-refractivity contribution in [2.75, 3.05) is 19.6 Å². The molecular weight excluding hydrogens is 731 g/mol. The lowest BCUT2D eigenvalue weighted by Crippen LogP contribution is -2.57. The van der Waals surface area contributed by atoms with Gasteiger partial charge in [0.15, 0.2) is 0 Å². The van der Waals surface area contributed by atoms with Crippen LogP contribution in [0.15, 0.2) is 67.3 Å². The maximum atomic E-state index is 14.9. The van der Waals surface area contributed by atoms with Crippen LogP contribution in [0.25, 0.3) is 22.2 Å². The van der Waals surface area contributed by atoms with Crippen molar-refractivity contribution in [3.8, 4) is 17.0 Å². The molecule has 0 unspecified atom stereocenters. The number of hydrogen-bond donors (Lipinski definition) is 2. The fourth-order valence-corrected chi connectivity index (χ4v) is 9.51. The molecule has 2 aliphatic heterocycles. The molecule has 1 aromatic heterocycles. The summed E-state index contributed by atoms with van der Waals surface area (Å²) in [4.78, 5) is 64.9. The number of likely N-dealkylation sites (tertiary alicyclic amines) is 2. The summed E-state index contributed by atoms with van der Waals surface area (Å²) in [5.74, 6) is -2.52. The van der Waals surface area contributed by atoms with Gasteiger partial charge in [0.25, 0.3) is 5.91 Å². The standard InChI is InChI=1S/C43H53N5O7S/c1-6-29-25-43(29,41(52)46-56(53,54)31-16-17-31)45-39(50)36-22-30(26-48(36)40(51)33(42(3,4)5)23-38(49)47-19-11-8-12-20-47)55-37-24-35(28-13-9-7-10-14-28)44-34-18-15-27(2)21-32(34)37/h6-7,9-10,13-15,18,21,24,29-31,33,36H,1,8,11-12,16-17,19-20,22-23,25-26H2,2-5H3,(H,45,50)(H,46,52)/t29-,30-,33-,36+,43-/m1/s1. The second kappa shape index (κ2) is 15.3. The van der Waals surface area contributed by atoms with Gasteiger partial charge in [-0.25, -0.2) is 13.4 Å². The van der Waals surface area contributed by atoms with Gasteiger partial charge in [-0.05, 0) is 63.0 Å². The molecule has 2 aliphatic carbocycles. The van der Waals surface area contributed by atoms with Crippen LogP contribution < -0.4 is 14.8 Å². The molecular formula is C43H53N5O7S. The van der Waals surface area contributed by atoms with E-state index in [1.54, 1.807) is 0 Å². The summed E-state index contributed by atoms with van der Waals surface area (Å²) in [5, 5.41) is 3.04. The van der Waals surface area contributed by atoms with Gasteiger partial charge in [0, 0.05) is 48.9 Å². The Bertz CT molecular complexity index is 2140. The Morgan fingerprint density at radius 2 is 1.75 bits per heavy atom. The Hall–Kier alpha value is -4.78. The zero-order valence-corrected chi connectivity index (χ0v) is 33.6. The first kappa shape index (κ1) is 39.5. The molecule has 4 amide bonds. The number of carbonyl (C=O) groups excluding carboxylic acids is 4. The molecule has 12 nitrogen and oxygen atoms in total. The highest BCUT2D eigenvalue weighted by atomic mass is 32.2. The van der Waals surface area contributed by atoms with Crippen LogP contribution in [0.5, 0.6) is 5.75 Å². The lowest BCUT2D eigenvalue weighted by atomic mass is 9.77. The fraction of sp³-hybridized carbons (Fsp3) is 0.512. The zero-order valence-electron chi connectivity index (χ0n) is 32.8. The van der Waals surface area contributed by atoms with E-state index in [-0.39, 0.29) is 37.6 Å². The predicted molar refractivity (Wildman–Crippen MR) is 214 cm³/mol. The second-order valence-electron chi connectivity index (χ2n) is 17.1. The number of hydrogen-bond acceptors (Lipinski definition) is 8. The molecule has 3 heterocycles. The molecule has 13 heteroatoms. The quantitative estimate of drug-likeness (QED) is 0.235.